The van der Waals surface area contributed by atoms with Crippen molar-refractivity contribution in [1.29, 1.82) is 0 Å². The molecule has 0 aliphatic carbocycles. The number of hydrogen-bond donors (Lipinski definition) is 0. The SMILES string of the molecule is c1ccc(-c2cc(-c3ccccc3)cc(N(c3cc(-c4ccccc4)cc(-c4ccccc4)c3)c3cccc(-c4cccc5c4c4ccc6ccccc6c4n5-c4ccccc4)c3)c2)cc1. The fourth-order valence-electron chi connectivity index (χ4n) is 9.84. The molecule has 0 N–H and O–H groups in total. The Bertz CT molecular complexity index is 3430. The number of rotatable bonds is 9. The molecular weight excluding hydrogens is 797 g/mol. The second kappa shape index (κ2) is 16.8. The van der Waals surface area contributed by atoms with E-state index in [4.69, 9.17) is 0 Å². The van der Waals surface area contributed by atoms with Crippen LogP contribution in [0, 0.1) is 0 Å². The lowest BCUT2D eigenvalue weighted by atomic mass is 9.95. The Morgan fingerprint density at radius 3 is 1.24 bits per heavy atom. The third-order valence-corrected chi connectivity index (χ3v) is 12.9. The predicted octanol–water partition coefficient (Wildman–Crippen LogP) is 17.7. The molecule has 1 aromatic heterocycles. The van der Waals surface area contributed by atoms with Crippen molar-refractivity contribution in [2.45, 2.75) is 0 Å². The molecule has 0 aliphatic rings. The number of anilines is 3. The maximum atomic E-state index is 2.46. The van der Waals surface area contributed by atoms with E-state index in [1.54, 1.807) is 0 Å². The van der Waals surface area contributed by atoms with Gasteiger partial charge < -0.3 is 9.47 Å². The second-order valence-electron chi connectivity index (χ2n) is 16.9. The van der Waals surface area contributed by atoms with Gasteiger partial charge in [-0.1, -0.05) is 200 Å². The smallest absolute Gasteiger partial charge is 0.0619 e. The first-order valence-corrected chi connectivity index (χ1v) is 22.7. The Balaban J connectivity index is 1.13. The lowest BCUT2D eigenvalue weighted by Crippen LogP contribution is -2.11. The Kier molecular flexibility index (Phi) is 9.89. The van der Waals surface area contributed by atoms with Gasteiger partial charge in [0, 0.05) is 38.9 Å². The highest BCUT2D eigenvalue weighted by atomic mass is 15.1. The molecule has 0 radical (unpaired) electrons. The highest BCUT2D eigenvalue weighted by Gasteiger charge is 2.22. The van der Waals surface area contributed by atoms with Gasteiger partial charge in [0.05, 0.1) is 11.0 Å². The van der Waals surface area contributed by atoms with E-state index in [2.05, 4.69) is 276 Å². The van der Waals surface area contributed by atoms with Gasteiger partial charge in [-0.25, -0.2) is 0 Å². The van der Waals surface area contributed by atoms with E-state index < -0.39 is 0 Å². The number of hydrogen-bond acceptors (Lipinski definition) is 1. The van der Waals surface area contributed by atoms with Crippen LogP contribution in [0.5, 0.6) is 0 Å². The molecule has 0 atom stereocenters. The number of nitrogens with zero attached hydrogens (tertiary/aromatic N) is 2. The average molecular weight is 841 g/mol. The quantitative estimate of drug-likeness (QED) is 0.141. The molecule has 12 aromatic rings. The number of para-hydroxylation sites is 1. The van der Waals surface area contributed by atoms with E-state index in [1.165, 1.54) is 60.4 Å². The van der Waals surface area contributed by atoms with E-state index >= 15 is 0 Å². The summed E-state index contributed by atoms with van der Waals surface area (Å²) in [4.78, 5) is 2.46. The van der Waals surface area contributed by atoms with Gasteiger partial charge in [0.25, 0.3) is 0 Å². The molecule has 0 aliphatic heterocycles. The van der Waals surface area contributed by atoms with E-state index in [9.17, 15) is 0 Å². The number of aromatic nitrogens is 1. The molecule has 0 amide bonds. The fourth-order valence-corrected chi connectivity index (χ4v) is 9.84. The summed E-state index contributed by atoms with van der Waals surface area (Å²) in [6.07, 6.45) is 0. The van der Waals surface area contributed by atoms with Gasteiger partial charge in [-0.05, 0) is 128 Å². The molecule has 2 heteroatoms. The molecule has 0 fully saturated rings. The zero-order valence-corrected chi connectivity index (χ0v) is 36.3. The molecule has 0 saturated heterocycles. The summed E-state index contributed by atoms with van der Waals surface area (Å²) in [5.74, 6) is 0. The van der Waals surface area contributed by atoms with Crippen molar-refractivity contribution in [2.24, 2.45) is 0 Å². The van der Waals surface area contributed by atoms with Gasteiger partial charge in [0.1, 0.15) is 0 Å². The zero-order valence-electron chi connectivity index (χ0n) is 36.3. The molecule has 310 valence electrons. The molecule has 0 saturated carbocycles. The molecule has 2 nitrogen and oxygen atoms in total. The van der Waals surface area contributed by atoms with Crippen molar-refractivity contribution in [3.05, 3.63) is 267 Å². The zero-order chi connectivity index (χ0) is 43.8. The third-order valence-electron chi connectivity index (χ3n) is 12.9. The monoisotopic (exact) mass is 840 g/mol. The highest BCUT2D eigenvalue weighted by molar-refractivity contribution is 6.22. The minimum absolute atomic E-state index is 1.06. The molecule has 12 rings (SSSR count). The van der Waals surface area contributed by atoms with Crippen LogP contribution in [-0.4, -0.2) is 4.57 Å². The number of fused-ring (bicyclic) bond motifs is 5. The van der Waals surface area contributed by atoms with Crippen LogP contribution in [0.1, 0.15) is 0 Å². The normalized spacial score (nSPS) is 11.3. The van der Waals surface area contributed by atoms with Crippen LogP contribution in [0.2, 0.25) is 0 Å². The van der Waals surface area contributed by atoms with Gasteiger partial charge in [-0.3, -0.25) is 0 Å². The largest absolute Gasteiger partial charge is 0.310 e. The van der Waals surface area contributed by atoms with E-state index in [0.29, 0.717) is 0 Å². The van der Waals surface area contributed by atoms with Crippen LogP contribution in [-0.2, 0) is 0 Å². The first kappa shape index (κ1) is 38.9. The highest BCUT2D eigenvalue weighted by Crippen LogP contribution is 2.46. The van der Waals surface area contributed by atoms with Gasteiger partial charge in [0.15, 0.2) is 0 Å². The van der Waals surface area contributed by atoms with Gasteiger partial charge in [0.2, 0.25) is 0 Å². The Hall–Kier alpha value is -8.72. The molecule has 66 heavy (non-hydrogen) atoms. The van der Waals surface area contributed by atoms with Crippen LogP contribution in [0.3, 0.4) is 0 Å². The molecule has 0 bridgehead atoms. The van der Waals surface area contributed by atoms with E-state index in [0.717, 1.165) is 50.6 Å². The molecule has 1 heterocycles. The Morgan fingerprint density at radius 1 is 0.273 bits per heavy atom. The fraction of sp³-hybridized carbons (Fsp3) is 0. The standard InChI is InChI=1S/C64H44N2/c1-6-20-45(21-7-1)51-38-52(46-22-8-2-9-23-46)42-57(41-51)65(58-43-53(47-24-10-3-11-25-47)39-54(44-58)48-26-12-4-13-27-48)56-32-18-29-50(40-56)59-34-19-35-62-63(59)61-37-36-49-28-16-17-33-60(49)64(61)66(62)55-30-14-5-15-31-55/h1-44H. The van der Waals surface area contributed by atoms with Crippen LogP contribution >= 0.6 is 0 Å². The van der Waals surface area contributed by atoms with Gasteiger partial charge in [-0.15, -0.1) is 0 Å². The lowest BCUT2D eigenvalue weighted by molar-refractivity contribution is 1.19. The van der Waals surface area contributed by atoms with Crippen molar-refractivity contribution in [1.82, 2.24) is 4.57 Å². The van der Waals surface area contributed by atoms with Crippen molar-refractivity contribution in [3.63, 3.8) is 0 Å². The van der Waals surface area contributed by atoms with Gasteiger partial charge >= 0.3 is 0 Å². The predicted molar refractivity (Wildman–Crippen MR) is 280 cm³/mol. The van der Waals surface area contributed by atoms with Crippen molar-refractivity contribution in [3.8, 4) is 61.3 Å². The minimum atomic E-state index is 1.06. The summed E-state index contributed by atoms with van der Waals surface area (Å²) < 4.78 is 2.45. The first-order chi connectivity index (χ1) is 32.7. The summed E-state index contributed by atoms with van der Waals surface area (Å²) in [5, 5.41) is 4.93. The summed E-state index contributed by atoms with van der Waals surface area (Å²) in [6, 6.07) is 97.1. The molecule has 11 aromatic carbocycles. The maximum absolute atomic E-state index is 2.46. The molecular formula is C64H44N2. The van der Waals surface area contributed by atoms with E-state index in [1.807, 2.05) is 0 Å². The van der Waals surface area contributed by atoms with E-state index in [-0.39, 0.29) is 0 Å². The maximum Gasteiger partial charge on any atom is 0.0619 e. The summed E-state index contributed by atoms with van der Waals surface area (Å²) in [6.45, 7) is 0. The topological polar surface area (TPSA) is 8.17 Å². The minimum Gasteiger partial charge on any atom is -0.310 e. The third kappa shape index (κ3) is 7.12. The van der Waals surface area contributed by atoms with Crippen molar-refractivity contribution >= 4 is 49.6 Å². The molecule has 0 unspecified atom stereocenters. The number of benzene rings is 11. The Labute approximate surface area is 385 Å². The summed E-state index contributed by atoms with van der Waals surface area (Å²) >= 11 is 0. The van der Waals surface area contributed by atoms with Crippen LogP contribution in [0.4, 0.5) is 17.1 Å². The lowest BCUT2D eigenvalue weighted by Gasteiger charge is -2.28. The van der Waals surface area contributed by atoms with Crippen molar-refractivity contribution < 1.29 is 0 Å². The van der Waals surface area contributed by atoms with Crippen LogP contribution in [0.25, 0.3) is 93.9 Å². The summed E-state index contributed by atoms with van der Waals surface area (Å²) in [5.41, 5.74) is 18.4. The average Bonchev–Trinajstić information content (AvgIpc) is 3.75. The summed E-state index contributed by atoms with van der Waals surface area (Å²) in [7, 11) is 0. The van der Waals surface area contributed by atoms with Crippen molar-refractivity contribution in [2.75, 3.05) is 4.90 Å². The Morgan fingerprint density at radius 2 is 0.712 bits per heavy atom. The van der Waals surface area contributed by atoms with Crippen LogP contribution < -0.4 is 4.90 Å². The first-order valence-electron chi connectivity index (χ1n) is 22.7. The molecule has 0 spiro atoms. The second-order valence-corrected chi connectivity index (χ2v) is 16.9. The van der Waals surface area contributed by atoms with Crippen LogP contribution in [0.15, 0.2) is 267 Å². The van der Waals surface area contributed by atoms with Gasteiger partial charge in [-0.2, -0.15) is 0 Å².